The highest BCUT2D eigenvalue weighted by atomic mass is 35.5. The summed E-state index contributed by atoms with van der Waals surface area (Å²) in [5.41, 5.74) is 2.96. The fraction of sp³-hybridized carbons (Fsp3) is 0.647. The van der Waals surface area contributed by atoms with Crippen LogP contribution in [0.3, 0.4) is 0 Å². The van der Waals surface area contributed by atoms with Crippen LogP contribution < -0.4 is 10.1 Å². The van der Waals surface area contributed by atoms with E-state index < -0.39 is 0 Å². The summed E-state index contributed by atoms with van der Waals surface area (Å²) in [5.74, 6) is 1.69. The van der Waals surface area contributed by atoms with Crippen LogP contribution in [0, 0.1) is 0 Å². The molecule has 0 saturated carbocycles. The van der Waals surface area contributed by atoms with Gasteiger partial charge in [0.2, 0.25) is 0 Å². The molecule has 0 saturated heterocycles. The average Bonchev–Trinajstić information content (AvgIpc) is 2.45. The molecule has 1 aromatic rings. The third kappa shape index (κ3) is 3.67. The summed E-state index contributed by atoms with van der Waals surface area (Å²) in [7, 11) is 1.79. The zero-order valence-electron chi connectivity index (χ0n) is 12.9. The van der Waals surface area contributed by atoms with E-state index in [2.05, 4.69) is 37.4 Å². The number of methoxy groups -OCH3 is 1. The summed E-state index contributed by atoms with van der Waals surface area (Å²) in [6.45, 7) is 5.63. The molecule has 1 aliphatic carbocycles. The predicted molar refractivity (Wildman–Crippen MR) is 88.3 cm³/mol. The summed E-state index contributed by atoms with van der Waals surface area (Å²) in [5, 5.41) is 3.74. The lowest BCUT2D eigenvalue weighted by atomic mass is 9.76. The minimum atomic E-state index is 0. The predicted octanol–water partition coefficient (Wildman–Crippen LogP) is 4.32. The van der Waals surface area contributed by atoms with Crippen molar-refractivity contribution in [3.8, 4) is 5.75 Å². The lowest BCUT2D eigenvalue weighted by Crippen LogP contribution is -2.39. The van der Waals surface area contributed by atoms with Gasteiger partial charge in [0.15, 0.2) is 0 Å². The van der Waals surface area contributed by atoms with Gasteiger partial charge in [0, 0.05) is 17.5 Å². The zero-order chi connectivity index (χ0) is 13.7. The summed E-state index contributed by atoms with van der Waals surface area (Å²) in [4.78, 5) is 0. The Morgan fingerprint density at radius 2 is 2.05 bits per heavy atom. The highest BCUT2D eigenvalue weighted by Crippen LogP contribution is 2.40. The number of fused-ring (bicyclic) bond motifs is 1. The van der Waals surface area contributed by atoms with E-state index in [0.717, 1.165) is 12.3 Å². The minimum absolute atomic E-state index is 0. The molecule has 2 rings (SSSR count). The van der Waals surface area contributed by atoms with Crippen molar-refractivity contribution >= 4 is 12.4 Å². The van der Waals surface area contributed by atoms with Gasteiger partial charge in [-0.15, -0.1) is 12.4 Å². The maximum Gasteiger partial charge on any atom is 0.122 e. The van der Waals surface area contributed by atoms with Gasteiger partial charge < -0.3 is 10.1 Å². The summed E-state index contributed by atoms with van der Waals surface area (Å²) in [6.07, 6.45) is 6.11. The largest absolute Gasteiger partial charge is 0.496 e. The molecule has 0 bridgehead atoms. The molecule has 1 N–H and O–H groups in total. The molecule has 0 heterocycles. The van der Waals surface area contributed by atoms with E-state index in [-0.39, 0.29) is 12.4 Å². The van der Waals surface area contributed by atoms with Crippen molar-refractivity contribution in [3.05, 3.63) is 29.3 Å². The van der Waals surface area contributed by atoms with Gasteiger partial charge in [-0.2, -0.15) is 0 Å². The van der Waals surface area contributed by atoms with Gasteiger partial charge in [0.25, 0.3) is 0 Å². The molecule has 2 nitrogen and oxygen atoms in total. The second-order valence-corrected chi connectivity index (χ2v) is 5.53. The van der Waals surface area contributed by atoms with Gasteiger partial charge in [-0.05, 0) is 43.9 Å². The lowest BCUT2D eigenvalue weighted by Gasteiger charge is -2.35. The third-order valence-electron chi connectivity index (χ3n) is 4.21. The van der Waals surface area contributed by atoms with E-state index in [4.69, 9.17) is 4.74 Å². The Kier molecular flexibility index (Phi) is 7.39. The first-order chi connectivity index (χ1) is 9.31. The number of hydrogen-bond acceptors (Lipinski definition) is 2. The van der Waals surface area contributed by atoms with Crippen LogP contribution >= 0.6 is 12.4 Å². The zero-order valence-corrected chi connectivity index (χ0v) is 13.8. The Hall–Kier alpha value is -0.730. The molecule has 20 heavy (non-hydrogen) atoms. The lowest BCUT2D eigenvalue weighted by molar-refractivity contribution is 0.347. The number of hydrogen-bond donors (Lipinski definition) is 1. The summed E-state index contributed by atoms with van der Waals surface area (Å²) < 4.78 is 5.61. The summed E-state index contributed by atoms with van der Waals surface area (Å²) >= 11 is 0. The molecule has 0 fully saturated rings. The first-order valence-corrected chi connectivity index (χ1v) is 7.70. The van der Waals surface area contributed by atoms with Crippen molar-refractivity contribution in [2.24, 2.45) is 0 Å². The van der Waals surface area contributed by atoms with E-state index in [1.54, 1.807) is 7.11 Å². The third-order valence-corrected chi connectivity index (χ3v) is 4.21. The maximum absolute atomic E-state index is 5.61. The topological polar surface area (TPSA) is 21.3 Å². The number of ether oxygens (including phenoxy) is 1. The fourth-order valence-electron chi connectivity index (χ4n) is 3.35. The van der Waals surface area contributed by atoms with Crippen LogP contribution in [0.25, 0.3) is 0 Å². The van der Waals surface area contributed by atoms with Gasteiger partial charge in [0.05, 0.1) is 7.11 Å². The molecule has 114 valence electrons. The maximum atomic E-state index is 5.61. The van der Waals surface area contributed by atoms with E-state index in [1.165, 1.54) is 43.2 Å². The van der Waals surface area contributed by atoms with Gasteiger partial charge in [-0.1, -0.05) is 32.4 Å². The number of nitrogens with one attached hydrogen (secondary N) is 1. The molecule has 0 amide bonds. The fourth-order valence-corrected chi connectivity index (χ4v) is 3.35. The molecular formula is C17H28ClNO. The number of rotatable bonds is 6. The molecule has 0 radical (unpaired) electrons. The second kappa shape index (κ2) is 8.53. The average molecular weight is 298 g/mol. The van der Waals surface area contributed by atoms with Crippen LogP contribution in [0.5, 0.6) is 5.75 Å². The highest BCUT2D eigenvalue weighted by Gasteiger charge is 2.30. The highest BCUT2D eigenvalue weighted by molar-refractivity contribution is 5.85. The number of aryl methyl sites for hydroxylation is 1. The van der Waals surface area contributed by atoms with Crippen molar-refractivity contribution in [3.63, 3.8) is 0 Å². The van der Waals surface area contributed by atoms with Crippen LogP contribution in [-0.4, -0.2) is 19.7 Å². The monoisotopic (exact) mass is 297 g/mol. The van der Waals surface area contributed by atoms with Gasteiger partial charge in [-0.25, -0.2) is 0 Å². The molecule has 0 spiro atoms. The molecule has 1 aliphatic rings. The van der Waals surface area contributed by atoms with Crippen molar-refractivity contribution < 1.29 is 4.74 Å². The molecule has 0 aliphatic heterocycles. The van der Waals surface area contributed by atoms with E-state index in [0.29, 0.717) is 12.0 Å². The SMILES string of the molecule is CCCN[C@@H]1CCc2cccc(OC)c2[C@@H]1CCC.Cl. The van der Waals surface area contributed by atoms with E-state index in [9.17, 15) is 0 Å². The Labute approximate surface area is 129 Å². The van der Waals surface area contributed by atoms with Crippen LogP contribution in [0.15, 0.2) is 18.2 Å². The summed E-state index contributed by atoms with van der Waals surface area (Å²) in [6, 6.07) is 7.13. The molecule has 3 heteroatoms. The van der Waals surface area contributed by atoms with Crippen LogP contribution in [0.2, 0.25) is 0 Å². The Morgan fingerprint density at radius 1 is 1.25 bits per heavy atom. The second-order valence-electron chi connectivity index (χ2n) is 5.53. The number of benzene rings is 1. The molecule has 1 aromatic carbocycles. The van der Waals surface area contributed by atoms with Crippen molar-refractivity contribution in [2.45, 2.75) is 57.9 Å². The molecule has 2 atom stereocenters. The van der Waals surface area contributed by atoms with Crippen molar-refractivity contribution in [1.29, 1.82) is 0 Å². The van der Waals surface area contributed by atoms with Crippen LogP contribution in [0.1, 0.15) is 56.6 Å². The van der Waals surface area contributed by atoms with Crippen LogP contribution in [-0.2, 0) is 6.42 Å². The first kappa shape index (κ1) is 17.3. The normalized spacial score (nSPS) is 20.9. The van der Waals surface area contributed by atoms with E-state index >= 15 is 0 Å². The first-order valence-electron chi connectivity index (χ1n) is 7.70. The molecule has 0 unspecified atom stereocenters. The quantitative estimate of drug-likeness (QED) is 0.844. The number of halogens is 1. The van der Waals surface area contributed by atoms with Gasteiger partial charge in [0.1, 0.15) is 5.75 Å². The van der Waals surface area contributed by atoms with Crippen LogP contribution in [0.4, 0.5) is 0 Å². The van der Waals surface area contributed by atoms with Gasteiger partial charge >= 0.3 is 0 Å². The van der Waals surface area contributed by atoms with Crippen molar-refractivity contribution in [1.82, 2.24) is 5.32 Å². The molecule has 0 aromatic heterocycles. The van der Waals surface area contributed by atoms with Crippen molar-refractivity contribution in [2.75, 3.05) is 13.7 Å². The standard InChI is InChI=1S/C17H27NO.ClH/c1-4-7-14-15(18-12-5-2)11-10-13-8-6-9-16(19-3)17(13)14;/h6,8-9,14-15,18H,4-5,7,10-12H2,1-3H3;1H/t14-,15-;/m1./s1. The van der Waals surface area contributed by atoms with E-state index in [1.807, 2.05) is 0 Å². The minimum Gasteiger partial charge on any atom is -0.496 e. The Bertz CT molecular complexity index is 394. The Morgan fingerprint density at radius 3 is 2.70 bits per heavy atom. The smallest absolute Gasteiger partial charge is 0.122 e. The van der Waals surface area contributed by atoms with Gasteiger partial charge in [-0.3, -0.25) is 0 Å². The molecular weight excluding hydrogens is 270 g/mol. The Balaban J connectivity index is 0.00000200.